The van der Waals surface area contributed by atoms with Crippen molar-refractivity contribution in [2.75, 3.05) is 6.61 Å². The second kappa shape index (κ2) is 8.80. The number of aryl methyl sites for hydroxylation is 1. The number of hydrogen-bond donors (Lipinski definition) is 1. The quantitative estimate of drug-likeness (QED) is 0.684. The summed E-state index contributed by atoms with van der Waals surface area (Å²) >= 11 is 0. The van der Waals surface area contributed by atoms with Crippen LogP contribution in [0.3, 0.4) is 0 Å². The van der Waals surface area contributed by atoms with E-state index >= 15 is 0 Å². The van der Waals surface area contributed by atoms with Crippen molar-refractivity contribution < 1.29 is 9.90 Å². The van der Waals surface area contributed by atoms with Crippen LogP contribution in [0, 0.1) is 6.92 Å². The molecule has 3 rings (SSSR count). The lowest BCUT2D eigenvalue weighted by atomic mass is 10.1. The van der Waals surface area contributed by atoms with Crippen LogP contribution in [0.15, 0.2) is 59.7 Å². The fraction of sp³-hybridized carbons (Fsp3) is 0.318. The SMILES string of the molecule is CC[C@H](CO)N(Cc1ccccc1C)C(=O)Cn1cnc2ccccc2c1=O. The number of fused-ring (bicyclic) bond motifs is 1. The van der Waals surface area contributed by atoms with Gasteiger partial charge in [-0.15, -0.1) is 0 Å². The maximum Gasteiger partial charge on any atom is 0.261 e. The second-order valence-corrected chi connectivity index (χ2v) is 6.89. The number of aromatic nitrogens is 2. The zero-order chi connectivity index (χ0) is 20.1. The first-order chi connectivity index (χ1) is 13.5. The third kappa shape index (κ3) is 4.12. The van der Waals surface area contributed by atoms with Crippen LogP contribution >= 0.6 is 0 Å². The van der Waals surface area contributed by atoms with Crippen LogP contribution in [-0.4, -0.2) is 38.1 Å². The highest BCUT2D eigenvalue weighted by Crippen LogP contribution is 2.15. The molecule has 1 aromatic heterocycles. The number of aliphatic hydroxyl groups excluding tert-OH is 1. The summed E-state index contributed by atoms with van der Waals surface area (Å²) in [5.74, 6) is -0.219. The first-order valence-corrected chi connectivity index (χ1v) is 9.44. The molecule has 6 heteroatoms. The minimum absolute atomic E-state index is 0.112. The van der Waals surface area contributed by atoms with Crippen LogP contribution in [0.5, 0.6) is 0 Å². The highest BCUT2D eigenvalue weighted by atomic mass is 16.3. The smallest absolute Gasteiger partial charge is 0.261 e. The molecule has 1 heterocycles. The van der Waals surface area contributed by atoms with E-state index in [4.69, 9.17) is 0 Å². The predicted octanol–water partition coefficient (Wildman–Crippen LogP) is 2.50. The molecule has 0 aliphatic carbocycles. The molecule has 1 amide bonds. The Balaban J connectivity index is 1.90. The maximum atomic E-state index is 13.1. The molecule has 6 nitrogen and oxygen atoms in total. The fourth-order valence-electron chi connectivity index (χ4n) is 3.30. The van der Waals surface area contributed by atoms with Gasteiger partial charge < -0.3 is 10.0 Å². The van der Waals surface area contributed by atoms with Crippen molar-refractivity contribution in [1.82, 2.24) is 14.5 Å². The van der Waals surface area contributed by atoms with Gasteiger partial charge in [0.2, 0.25) is 5.91 Å². The summed E-state index contributed by atoms with van der Waals surface area (Å²) in [5, 5.41) is 10.3. The van der Waals surface area contributed by atoms with Crippen molar-refractivity contribution in [3.63, 3.8) is 0 Å². The highest BCUT2D eigenvalue weighted by molar-refractivity contribution is 5.79. The third-order valence-corrected chi connectivity index (χ3v) is 5.08. The van der Waals surface area contributed by atoms with Gasteiger partial charge in [-0.2, -0.15) is 0 Å². The maximum absolute atomic E-state index is 13.1. The summed E-state index contributed by atoms with van der Waals surface area (Å²) in [5.41, 5.74) is 2.46. The average molecular weight is 379 g/mol. The molecule has 146 valence electrons. The normalized spacial score (nSPS) is 12.1. The second-order valence-electron chi connectivity index (χ2n) is 6.89. The van der Waals surface area contributed by atoms with Crippen molar-refractivity contribution in [3.05, 3.63) is 76.3 Å². The summed E-state index contributed by atoms with van der Waals surface area (Å²) in [7, 11) is 0. The van der Waals surface area contributed by atoms with Gasteiger partial charge in [0.05, 0.1) is 29.9 Å². The lowest BCUT2D eigenvalue weighted by molar-refractivity contribution is -0.136. The van der Waals surface area contributed by atoms with Crippen LogP contribution in [0.25, 0.3) is 10.9 Å². The van der Waals surface area contributed by atoms with Crippen LogP contribution in [-0.2, 0) is 17.9 Å². The summed E-state index contributed by atoms with van der Waals surface area (Å²) < 4.78 is 1.33. The van der Waals surface area contributed by atoms with E-state index < -0.39 is 0 Å². The molecule has 0 saturated heterocycles. The van der Waals surface area contributed by atoms with Gasteiger partial charge in [0.15, 0.2) is 0 Å². The van der Waals surface area contributed by atoms with Crippen LogP contribution in [0.4, 0.5) is 0 Å². The van der Waals surface area contributed by atoms with Gasteiger partial charge in [0, 0.05) is 6.54 Å². The van der Waals surface area contributed by atoms with E-state index in [0.717, 1.165) is 11.1 Å². The molecule has 0 saturated carbocycles. The molecule has 28 heavy (non-hydrogen) atoms. The summed E-state index contributed by atoms with van der Waals surface area (Å²) in [6.45, 7) is 4.08. The van der Waals surface area contributed by atoms with Gasteiger partial charge in [0.25, 0.3) is 5.56 Å². The van der Waals surface area contributed by atoms with E-state index in [2.05, 4.69) is 4.98 Å². The molecule has 0 aliphatic rings. The number of carbonyl (C=O) groups excluding carboxylic acids is 1. The van der Waals surface area contributed by atoms with Gasteiger partial charge >= 0.3 is 0 Å². The van der Waals surface area contributed by atoms with Crippen molar-refractivity contribution in [1.29, 1.82) is 0 Å². The first kappa shape index (κ1) is 19.8. The van der Waals surface area contributed by atoms with E-state index in [1.54, 1.807) is 23.1 Å². The van der Waals surface area contributed by atoms with Gasteiger partial charge in [-0.05, 0) is 36.6 Å². The molecule has 2 aromatic carbocycles. The molecule has 0 bridgehead atoms. The molecule has 0 unspecified atom stereocenters. The number of aliphatic hydroxyl groups is 1. The predicted molar refractivity (Wildman–Crippen MR) is 109 cm³/mol. The first-order valence-electron chi connectivity index (χ1n) is 9.44. The minimum atomic E-state index is -0.309. The Labute approximate surface area is 164 Å². The Bertz CT molecular complexity index is 1020. The van der Waals surface area contributed by atoms with Crippen molar-refractivity contribution >= 4 is 16.8 Å². The van der Waals surface area contributed by atoms with E-state index in [0.29, 0.717) is 23.9 Å². The number of nitrogens with zero attached hydrogens (tertiary/aromatic N) is 3. The van der Waals surface area contributed by atoms with Crippen LogP contribution < -0.4 is 5.56 Å². The molecular formula is C22H25N3O3. The summed E-state index contributed by atoms with van der Waals surface area (Å²) in [4.78, 5) is 31.8. The highest BCUT2D eigenvalue weighted by Gasteiger charge is 2.23. The lowest BCUT2D eigenvalue weighted by Gasteiger charge is -2.31. The molecule has 3 aromatic rings. The average Bonchev–Trinajstić information content (AvgIpc) is 2.71. The Morgan fingerprint density at radius 3 is 2.61 bits per heavy atom. The number of para-hydroxylation sites is 1. The molecular weight excluding hydrogens is 354 g/mol. The van der Waals surface area contributed by atoms with Crippen molar-refractivity contribution in [2.24, 2.45) is 0 Å². The zero-order valence-electron chi connectivity index (χ0n) is 16.2. The number of hydrogen-bond acceptors (Lipinski definition) is 4. The lowest BCUT2D eigenvalue weighted by Crippen LogP contribution is -2.44. The standard InChI is InChI=1S/C22H25N3O3/c1-3-18(14-26)25(12-17-9-5-4-8-16(17)2)21(27)13-24-15-23-20-11-7-6-10-19(20)22(24)28/h4-11,15,18,26H,3,12-14H2,1-2H3/t18-/m1/s1. The number of benzene rings is 2. The minimum Gasteiger partial charge on any atom is -0.394 e. The summed E-state index contributed by atoms with van der Waals surface area (Å²) in [6.07, 6.45) is 2.04. The number of carbonyl (C=O) groups is 1. The van der Waals surface area contributed by atoms with E-state index in [9.17, 15) is 14.7 Å². The van der Waals surface area contributed by atoms with Crippen molar-refractivity contribution in [2.45, 2.75) is 39.4 Å². The fourth-order valence-corrected chi connectivity index (χ4v) is 3.30. The zero-order valence-corrected chi connectivity index (χ0v) is 16.2. The molecule has 0 fully saturated rings. The monoisotopic (exact) mass is 379 g/mol. The molecule has 1 N–H and O–H groups in total. The Kier molecular flexibility index (Phi) is 6.21. The molecule has 0 aliphatic heterocycles. The van der Waals surface area contributed by atoms with Crippen LogP contribution in [0.2, 0.25) is 0 Å². The van der Waals surface area contributed by atoms with E-state index in [-0.39, 0.29) is 30.7 Å². The number of amides is 1. The van der Waals surface area contributed by atoms with Gasteiger partial charge in [-0.3, -0.25) is 14.2 Å². The summed E-state index contributed by atoms with van der Waals surface area (Å²) in [6, 6.07) is 14.6. The molecule has 0 radical (unpaired) electrons. The Hall–Kier alpha value is -2.99. The number of rotatable bonds is 7. The molecule has 1 atom stereocenters. The Morgan fingerprint density at radius 1 is 1.18 bits per heavy atom. The van der Waals surface area contributed by atoms with Gasteiger partial charge in [-0.1, -0.05) is 43.3 Å². The largest absolute Gasteiger partial charge is 0.394 e. The molecule has 0 spiro atoms. The van der Waals surface area contributed by atoms with Crippen LogP contribution in [0.1, 0.15) is 24.5 Å². The topological polar surface area (TPSA) is 75.4 Å². The van der Waals surface area contributed by atoms with Gasteiger partial charge in [0.1, 0.15) is 6.54 Å². The van der Waals surface area contributed by atoms with Crippen molar-refractivity contribution in [3.8, 4) is 0 Å². The van der Waals surface area contributed by atoms with E-state index in [1.165, 1.54) is 10.9 Å². The van der Waals surface area contributed by atoms with Gasteiger partial charge in [-0.25, -0.2) is 4.98 Å². The van der Waals surface area contributed by atoms with E-state index in [1.807, 2.05) is 44.2 Å². The Morgan fingerprint density at radius 2 is 1.89 bits per heavy atom. The third-order valence-electron chi connectivity index (χ3n) is 5.08.